The smallest absolute Gasteiger partial charge is 0.246 e. The van der Waals surface area contributed by atoms with Gasteiger partial charge >= 0.3 is 0 Å². The van der Waals surface area contributed by atoms with Crippen molar-refractivity contribution in [2.75, 3.05) is 37.6 Å². The maximum Gasteiger partial charge on any atom is 0.246 e. The number of rotatable bonds is 4. The summed E-state index contributed by atoms with van der Waals surface area (Å²) < 4.78 is 2.17. The summed E-state index contributed by atoms with van der Waals surface area (Å²) in [6.45, 7) is 13.1. The third kappa shape index (κ3) is 3.58. The number of carbonyl (C=O) groups is 2. The van der Waals surface area contributed by atoms with Crippen molar-refractivity contribution in [3.05, 3.63) is 41.7 Å². The van der Waals surface area contributed by atoms with Crippen LogP contribution < -0.4 is 4.90 Å². The summed E-state index contributed by atoms with van der Waals surface area (Å²) in [5.74, 6) is 1.02. The Labute approximate surface area is 221 Å². The Hall–Kier alpha value is -3.33. The van der Waals surface area contributed by atoms with Gasteiger partial charge in [0, 0.05) is 78.3 Å². The standard InChI is InChI=1S/C27H32ClN7O2/c1-5-23(37)34-15-27(17(34)3)12-19(13-27)35-16(2)24(25-20-14-29-30-22(20)7-6-21(25)28)26(31-35)33-10-8-32(9-11-33)18(4)36/h5-7,14,17,19H,1,8-13,15H2,2-4H3,(H,29,30). The Morgan fingerprint density at radius 3 is 2.57 bits per heavy atom. The minimum Gasteiger partial charge on any atom is -0.351 e. The van der Waals surface area contributed by atoms with Crippen LogP contribution in [-0.4, -0.2) is 80.4 Å². The highest BCUT2D eigenvalue weighted by Gasteiger charge is 2.59. The quantitative estimate of drug-likeness (QED) is 0.527. The van der Waals surface area contributed by atoms with Gasteiger partial charge in [-0.15, -0.1) is 0 Å². The van der Waals surface area contributed by atoms with E-state index in [0.717, 1.165) is 52.9 Å². The lowest BCUT2D eigenvalue weighted by atomic mass is 9.56. The highest BCUT2D eigenvalue weighted by atomic mass is 35.5. The summed E-state index contributed by atoms with van der Waals surface area (Å²) in [5.41, 5.74) is 4.12. The molecule has 194 valence electrons. The van der Waals surface area contributed by atoms with E-state index in [0.29, 0.717) is 31.2 Å². The van der Waals surface area contributed by atoms with Crippen molar-refractivity contribution in [2.45, 2.75) is 45.7 Å². The molecule has 2 amide bonds. The average Bonchev–Trinajstić information content (AvgIpc) is 3.47. The van der Waals surface area contributed by atoms with Gasteiger partial charge in [0.15, 0.2) is 5.82 Å². The van der Waals surface area contributed by atoms with Gasteiger partial charge in [0.2, 0.25) is 11.8 Å². The van der Waals surface area contributed by atoms with E-state index in [9.17, 15) is 9.59 Å². The second-order valence-electron chi connectivity index (χ2n) is 10.7. The normalized spacial score (nSPS) is 25.4. The zero-order chi connectivity index (χ0) is 26.1. The van der Waals surface area contributed by atoms with Gasteiger partial charge in [0.25, 0.3) is 0 Å². The van der Waals surface area contributed by atoms with Crippen LogP contribution in [0.3, 0.4) is 0 Å². The monoisotopic (exact) mass is 521 g/mol. The minimum absolute atomic E-state index is 0.00830. The number of nitrogens with one attached hydrogen (secondary N) is 1. The van der Waals surface area contributed by atoms with Gasteiger partial charge in [-0.05, 0) is 44.9 Å². The van der Waals surface area contributed by atoms with Crippen molar-refractivity contribution < 1.29 is 9.59 Å². The largest absolute Gasteiger partial charge is 0.351 e. The molecule has 0 bridgehead atoms. The molecule has 1 N–H and O–H groups in total. The molecule has 10 heteroatoms. The van der Waals surface area contributed by atoms with Crippen molar-refractivity contribution in [1.82, 2.24) is 29.8 Å². The van der Waals surface area contributed by atoms with Gasteiger partial charge in [-0.25, -0.2) is 0 Å². The number of aromatic amines is 1. The van der Waals surface area contributed by atoms with Gasteiger partial charge in [-0.3, -0.25) is 19.4 Å². The van der Waals surface area contributed by atoms with E-state index in [1.807, 2.05) is 28.1 Å². The summed E-state index contributed by atoms with van der Waals surface area (Å²) in [7, 11) is 0. The molecule has 0 radical (unpaired) electrons. The second kappa shape index (κ2) is 8.62. The number of hydrogen-bond acceptors (Lipinski definition) is 5. The van der Waals surface area contributed by atoms with E-state index in [4.69, 9.17) is 16.7 Å². The number of aromatic nitrogens is 4. The molecule has 2 aliphatic heterocycles. The third-order valence-electron chi connectivity index (χ3n) is 8.91. The Kier molecular flexibility index (Phi) is 5.60. The van der Waals surface area contributed by atoms with E-state index in [1.165, 1.54) is 6.08 Å². The summed E-state index contributed by atoms with van der Waals surface area (Å²) in [5, 5.41) is 14.2. The zero-order valence-electron chi connectivity index (χ0n) is 21.5. The van der Waals surface area contributed by atoms with Crippen LogP contribution in [0.4, 0.5) is 5.82 Å². The van der Waals surface area contributed by atoms with Gasteiger partial charge in [0.1, 0.15) is 0 Å². The Bertz CT molecular complexity index is 1410. The molecule has 1 atom stereocenters. The summed E-state index contributed by atoms with van der Waals surface area (Å²) in [6, 6.07) is 4.32. The maximum atomic E-state index is 12.1. The van der Waals surface area contributed by atoms with Crippen LogP contribution in [0.25, 0.3) is 22.0 Å². The molecule has 2 saturated heterocycles. The number of piperazine rings is 1. The Balaban J connectivity index is 1.37. The average molecular weight is 522 g/mol. The molecule has 37 heavy (non-hydrogen) atoms. The van der Waals surface area contributed by atoms with Crippen molar-refractivity contribution >= 4 is 40.1 Å². The SMILES string of the molecule is C=CC(=O)N1CC2(CC(n3nc(N4CCN(C(C)=O)CC4)c(-c4c(Cl)ccc5[nH]ncc45)c3C)C2)C1C. The molecular weight excluding hydrogens is 490 g/mol. The fraction of sp³-hybridized carbons (Fsp3) is 0.481. The summed E-state index contributed by atoms with van der Waals surface area (Å²) in [6.07, 6.45) is 5.20. The second-order valence-corrected chi connectivity index (χ2v) is 11.2. The van der Waals surface area contributed by atoms with E-state index in [1.54, 1.807) is 6.92 Å². The molecule has 3 aromatic rings. The number of amides is 2. The van der Waals surface area contributed by atoms with Crippen molar-refractivity contribution in [3.63, 3.8) is 0 Å². The van der Waals surface area contributed by atoms with E-state index < -0.39 is 0 Å². The topological polar surface area (TPSA) is 90.4 Å². The number of anilines is 1. The van der Waals surface area contributed by atoms with Crippen LogP contribution in [-0.2, 0) is 9.59 Å². The van der Waals surface area contributed by atoms with Gasteiger partial charge in [-0.2, -0.15) is 10.2 Å². The van der Waals surface area contributed by atoms with Crippen molar-refractivity contribution in [1.29, 1.82) is 0 Å². The molecule has 1 unspecified atom stereocenters. The van der Waals surface area contributed by atoms with Crippen LogP contribution >= 0.6 is 11.6 Å². The number of likely N-dealkylation sites (tertiary alicyclic amines) is 1. The van der Waals surface area contributed by atoms with Crippen LogP contribution in [0, 0.1) is 12.3 Å². The first-order valence-corrected chi connectivity index (χ1v) is 13.3. The molecule has 3 aliphatic rings. The van der Waals surface area contributed by atoms with Crippen LogP contribution in [0.15, 0.2) is 31.0 Å². The fourth-order valence-corrected chi connectivity index (χ4v) is 6.84. The molecule has 1 aromatic carbocycles. The van der Waals surface area contributed by atoms with Crippen LogP contribution in [0.1, 0.15) is 38.4 Å². The fourth-order valence-electron chi connectivity index (χ4n) is 6.59. The summed E-state index contributed by atoms with van der Waals surface area (Å²) >= 11 is 6.84. The number of nitrogens with zero attached hydrogens (tertiary/aromatic N) is 6. The number of halogens is 1. The van der Waals surface area contributed by atoms with Gasteiger partial charge < -0.3 is 14.7 Å². The number of carbonyl (C=O) groups excluding carboxylic acids is 2. The molecule has 1 spiro atoms. The Morgan fingerprint density at radius 1 is 1.19 bits per heavy atom. The molecule has 6 rings (SSSR count). The van der Waals surface area contributed by atoms with Crippen molar-refractivity contribution in [2.24, 2.45) is 5.41 Å². The lowest BCUT2D eigenvalue weighted by Gasteiger charge is -2.63. The molecule has 4 heterocycles. The third-order valence-corrected chi connectivity index (χ3v) is 9.22. The zero-order valence-corrected chi connectivity index (χ0v) is 22.3. The Morgan fingerprint density at radius 2 is 1.92 bits per heavy atom. The minimum atomic E-state index is 0.00830. The van der Waals surface area contributed by atoms with Crippen molar-refractivity contribution in [3.8, 4) is 11.1 Å². The molecule has 2 aromatic heterocycles. The first-order chi connectivity index (χ1) is 17.7. The molecular formula is C27H32ClN7O2. The number of fused-ring (bicyclic) bond motifs is 1. The number of hydrogen-bond donors (Lipinski definition) is 1. The van der Waals surface area contributed by atoms with E-state index in [2.05, 4.69) is 40.2 Å². The number of H-pyrrole nitrogens is 1. The number of benzene rings is 1. The van der Waals surface area contributed by atoms with E-state index >= 15 is 0 Å². The first-order valence-electron chi connectivity index (χ1n) is 12.9. The highest BCUT2D eigenvalue weighted by molar-refractivity contribution is 6.35. The molecule has 1 aliphatic carbocycles. The van der Waals surface area contributed by atoms with Gasteiger partial charge in [-0.1, -0.05) is 18.2 Å². The summed E-state index contributed by atoms with van der Waals surface area (Å²) in [4.78, 5) is 30.1. The van der Waals surface area contributed by atoms with Gasteiger partial charge in [0.05, 0.1) is 17.8 Å². The lowest BCUT2D eigenvalue weighted by Crippen LogP contribution is -2.69. The molecule has 9 nitrogen and oxygen atoms in total. The molecule has 3 fully saturated rings. The predicted molar refractivity (Wildman–Crippen MR) is 144 cm³/mol. The van der Waals surface area contributed by atoms with Crippen LogP contribution in [0.2, 0.25) is 5.02 Å². The highest BCUT2D eigenvalue weighted by Crippen LogP contribution is 2.58. The lowest BCUT2D eigenvalue weighted by molar-refractivity contribution is -0.167. The maximum absolute atomic E-state index is 12.1. The molecule has 1 saturated carbocycles. The van der Waals surface area contributed by atoms with E-state index in [-0.39, 0.29) is 29.3 Å². The predicted octanol–water partition coefficient (Wildman–Crippen LogP) is 3.79. The van der Waals surface area contributed by atoms with Crippen LogP contribution in [0.5, 0.6) is 0 Å². The first kappa shape index (κ1) is 24.0.